The highest BCUT2D eigenvalue weighted by Crippen LogP contribution is 2.35. The Morgan fingerprint density at radius 2 is 2.14 bits per heavy atom. The molecule has 1 aromatic carbocycles. The Hall–Kier alpha value is -2.34. The molecule has 0 unspecified atom stereocenters. The Morgan fingerprint density at radius 3 is 2.86 bits per heavy atom. The molecular formula is C15H15N3O2S. The van der Waals surface area contributed by atoms with Crippen LogP contribution < -0.4 is 10.5 Å². The summed E-state index contributed by atoms with van der Waals surface area (Å²) in [5, 5.41) is 6.02. The van der Waals surface area contributed by atoms with Crippen molar-refractivity contribution in [2.75, 3.05) is 12.3 Å². The SMILES string of the molecule is CCOc1ccccc1-c1noc(-c2scc(C)c2N)n1. The van der Waals surface area contributed by atoms with Gasteiger partial charge in [0, 0.05) is 0 Å². The normalized spacial score (nSPS) is 10.8. The highest BCUT2D eigenvalue weighted by Gasteiger charge is 2.17. The quantitative estimate of drug-likeness (QED) is 0.794. The first-order valence-corrected chi connectivity index (χ1v) is 7.48. The van der Waals surface area contributed by atoms with Gasteiger partial charge in [0.1, 0.15) is 10.6 Å². The summed E-state index contributed by atoms with van der Waals surface area (Å²) in [7, 11) is 0. The molecule has 5 nitrogen and oxygen atoms in total. The van der Waals surface area contributed by atoms with Crippen molar-refractivity contribution in [3.63, 3.8) is 0 Å². The molecule has 3 rings (SSSR count). The third kappa shape index (κ3) is 2.50. The van der Waals surface area contributed by atoms with Gasteiger partial charge in [-0.3, -0.25) is 0 Å². The number of benzene rings is 1. The summed E-state index contributed by atoms with van der Waals surface area (Å²) in [4.78, 5) is 5.25. The molecule has 108 valence electrons. The summed E-state index contributed by atoms with van der Waals surface area (Å²) in [6.45, 7) is 4.48. The number of hydrogen-bond donors (Lipinski definition) is 1. The molecule has 6 heteroatoms. The Morgan fingerprint density at radius 1 is 1.33 bits per heavy atom. The fourth-order valence-corrected chi connectivity index (χ4v) is 2.87. The summed E-state index contributed by atoms with van der Waals surface area (Å²) in [6.07, 6.45) is 0. The number of ether oxygens (including phenoxy) is 1. The molecule has 0 amide bonds. The van der Waals surface area contributed by atoms with Crippen LogP contribution in [0.5, 0.6) is 5.75 Å². The van der Waals surface area contributed by atoms with E-state index in [4.69, 9.17) is 15.0 Å². The molecule has 0 aliphatic heterocycles. The van der Waals surface area contributed by atoms with Gasteiger partial charge in [0.15, 0.2) is 0 Å². The van der Waals surface area contributed by atoms with Crippen molar-refractivity contribution in [2.45, 2.75) is 13.8 Å². The summed E-state index contributed by atoms with van der Waals surface area (Å²) in [6, 6.07) is 7.62. The number of aromatic nitrogens is 2. The molecule has 0 atom stereocenters. The minimum Gasteiger partial charge on any atom is -0.493 e. The van der Waals surface area contributed by atoms with Crippen LogP contribution in [0.2, 0.25) is 0 Å². The fraction of sp³-hybridized carbons (Fsp3) is 0.200. The molecule has 21 heavy (non-hydrogen) atoms. The molecule has 0 aliphatic carbocycles. The maximum atomic E-state index is 6.02. The second-order valence-electron chi connectivity index (χ2n) is 4.51. The highest BCUT2D eigenvalue weighted by atomic mass is 32.1. The van der Waals surface area contributed by atoms with Gasteiger partial charge >= 0.3 is 0 Å². The zero-order valence-corrected chi connectivity index (χ0v) is 12.6. The number of hydrogen-bond acceptors (Lipinski definition) is 6. The first kappa shape index (κ1) is 13.6. The van der Waals surface area contributed by atoms with Crippen molar-refractivity contribution in [3.8, 4) is 27.9 Å². The predicted molar refractivity (Wildman–Crippen MR) is 83.4 cm³/mol. The van der Waals surface area contributed by atoms with Gasteiger partial charge in [0.25, 0.3) is 5.89 Å². The van der Waals surface area contributed by atoms with E-state index in [0.717, 1.165) is 21.8 Å². The van der Waals surface area contributed by atoms with Crippen LogP contribution in [-0.4, -0.2) is 16.7 Å². The van der Waals surface area contributed by atoms with Crippen LogP contribution in [-0.2, 0) is 0 Å². The monoisotopic (exact) mass is 301 g/mol. The van der Waals surface area contributed by atoms with E-state index in [1.54, 1.807) is 0 Å². The van der Waals surface area contributed by atoms with Crippen molar-refractivity contribution in [1.82, 2.24) is 10.1 Å². The second kappa shape index (κ2) is 5.57. The van der Waals surface area contributed by atoms with Gasteiger partial charge in [-0.1, -0.05) is 17.3 Å². The molecule has 0 saturated carbocycles. The Balaban J connectivity index is 2.01. The summed E-state index contributed by atoms with van der Waals surface area (Å²) in [5.74, 6) is 1.68. The maximum Gasteiger partial charge on any atom is 0.270 e. The topological polar surface area (TPSA) is 74.2 Å². The van der Waals surface area contributed by atoms with E-state index in [1.807, 2.05) is 43.5 Å². The molecule has 0 saturated heterocycles. The predicted octanol–water partition coefficient (Wildman–Crippen LogP) is 3.75. The number of aryl methyl sites for hydroxylation is 1. The van der Waals surface area contributed by atoms with Gasteiger partial charge in [-0.2, -0.15) is 4.98 Å². The van der Waals surface area contributed by atoms with Crippen LogP contribution in [0.1, 0.15) is 12.5 Å². The Labute approximate surface area is 126 Å². The minimum atomic E-state index is 0.437. The second-order valence-corrected chi connectivity index (χ2v) is 5.39. The molecule has 0 bridgehead atoms. The van der Waals surface area contributed by atoms with E-state index >= 15 is 0 Å². The fourth-order valence-electron chi connectivity index (χ4n) is 1.98. The number of anilines is 1. The third-order valence-electron chi connectivity index (χ3n) is 3.07. The molecule has 0 radical (unpaired) electrons. The highest BCUT2D eigenvalue weighted by molar-refractivity contribution is 7.14. The van der Waals surface area contributed by atoms with Crippen molar-refractivity contribution < 1.29 is 9.26 Å². The zero-order chi connectivity index (χ0) is 14.8. The van der Waals surface area contributed by atoms with Gasteiger partial charge in [-0.25, -0.2) is 0 Å². The largest absolute Gasteiger partial charge is 0.493 e. The van der Waals surface area contributed by atoms with Gasteiger partial charge in [0.05, 0.1) is 17.9 Å². The first-order valence-electron chi connectivity index (χ1n) is 6.60. The van der Waals surface area contributed by atoms with Crippen molar-refractivity contribution in [3.05, 3.63) is 35.2 Å². The molecule has 0 spiro atoms. The van der Waals surface area contributed by atoms with Gasteiger partial charge in [-0.15, -0.1) is 11.3 Å². The average Bonchev–Trinajstić information content (AvgIpc) is 3.08. The number of para-hydroxylation sites is 1. The molecule has 2 aromatic heterocycles. The smallest absolute Gasteiger partial charge is 0.270 e. The third-order valence-corrected chi connectivity index (χ3v) is 4.17. The zero-order valence-electron chi connectivity index (χ0n) is 11.8. The lowest BCUT2D eigenvalue weighted by Crippen LogP contribution is -1.94. The van der Waals surface area contributed by atoms with Gasteiger partial charge in [0.2, 0.25) is 5.82 Å². The first-order chi connectivity index (χ1) is 10.2. The lowest BCUT2D eigenvalue weighted by molar-refractivity contribution is 0.341. The number of rotatable bonds is 4. The lowest BCUT2D eigenvalue weighted by Gasteiger charge is -2.05. The van der Waals surface area contributed by atoms with Gasteiger partial charge < -0.3 is 15.0 Å². The number of nitrogens with two attached hydrogens (primary N) is 1. The average molecular weight is 301 g/mol. The molecule has 0 fully saturated rings. The van der Waals surface area contributed by atoms with E-state index in [2.05, 4.69) is 10.1 Å². The molecule has 3 aromatic rings. The van der Waals surface area contributed by atoms with Crippen LogP contribution in [0.3, 0.4) is 0 Å². The number of thiophene rings is 1. The van der Waals surface area contributed by atoms with E-state index in [1.165, 1.54) is 11.3 Å². The Kier molecular flexibility index (Phi) is 3.62. The van der Waals surface area contributed by atoms with Crippen molar-refractivity contribution in [2.24, 2.45) is 0 Å². The molecule has 2 N–H and O–H groups in total. The number of nitrogens with zero attached hydrogens (tertiary/aromatic N) is 2. The van der Waals surface area contributed by atoms with Crippen LogP contribution in [0, 0.1) is 6.92 Å². The van der Waals surface area contributed by atoms with Gasteiger partial charge in [-0.05, 0) is 36.9 Å². The molecular weight excluding hydrogens is 286 g/mol. The van der Waals surface area contributed by atoms with Crippen LogP contribution in [0.4, 0.5) is 5.69 Å². The van der Waals surface area contributed by atoms with E-state index in [9.17, 15) is 0 Å². The Bertz CT molecular complexity index is 764. The molecule has 2 heterocycles. The lowest BCUT2D eigenvalue weighted by atomic mass is 10.2. The minimum absolute atomic E-state index is 0.437. The molecule has 0 aliphatic rings. The standard InChI is InChI=1S/C15H15N3O2S/c1-3-19-11-7-5-4-6-10(11)14-17-15(20-18-14)13-12(16)9(2)8-21-13/h4-8H,3,16H2,1-2H3. The van der Waals surface area contributed by atoms with Crippen LogP contribution in [0.15, 0.2) is 34.2 Å². The van der Waals surface area contributed by atoms with Crippen molar-refractivity contribution in [1.29, 1.82) is 0 Å². The van der Waals surface area contributed by atoms with Crippen LogP contribution in [0.25, 0.3) is 22.2 Å². The van der Waals surface area contributed by atoms with Crippen molar-refractivity contribution >= 4 is 17.0 Å². The maximum absolute atomic E-state index is 6.02. The summed E-state index contributed by atoms with van der Waals surface area (Å²) in [5.41, 5.74) is 8.53. The number of nitrogen functional groups attached to an aromatic ring is 1. The van der Waals surface area contributed by atoms with E-state index in [0.29, 0.717) is 24.0 Å². The summed E-state index contributed by atoms with van der Waals surface area (Å²) < 4.78 is 10.9. The van der Waals surface area contributed by atoms with Crippen LogP contribution >= 0.6 is 11.3 Å². The summed E-state index contributed by atoms with van der Waals surface area (Å²) >= 11 is 1.50. The van der Waals surface area contributed by atoms with E-state index < -0.39 is 0 Å². The van der Waals surface area contributed by atoms with E-state index in [-0.39, 0.29) is 0 Å².